The summed E-state index contributed by atoms with van der Waals surface area (Å²) < 4.78 is 1.11. The Morgan fingerprint density at radius 3 is 2.64 bits per heavy atom. The van der Waals surface area contributed by atoms with Gasteiger partial charge in [-0.25, -0.2) is 0 Å². The summed E-state index contributed by atoms with van der Waals surface area (Å²) in [6.07, 6.45) is 0. The maximum absolute atomic E-state index is 12.2. The van der Waals surface area contributed by atoms with Crippen molar-refractivity contribution in [1.29, 1.82) is 0 Å². The van der Waals surface area contributed by atoms with E-state index in [9.17, 15) is 4.79 Å². The van der Waals surface area contributed by atoms with Gasteiger partial charge in [-0.05, 0) is 65.1 Å². The van der Waals surface area contributed by atoms with Crippen molar-refractivity contribution in [1.82, 2.24) is 10.2 Å². The highest BCUT2D eigenvalue weighted by molar-refractivity contribution is 14.1. The fourth-order valence-corrected chi connectivity index (χ4v) is 2.52. The Kier molecular flexibility index (Phi) is 4.44. The molecule has 1 heterocycles. The molecule has 1 aromatic heterocycles. The van der Waals surface area contributed by atoms with Gasteiger partial charge in [0.25, 0.3) is 5.91 Å². The van der Waals surface area contributed by atoms with Crippen molar-refractivity contribution < 1.29 is 4.79 Å². The second-order valence-corrected chi connectivity index (χ2v) is 6.32. The van der Waals surface area contributed by atoms with E-state index in [0.717, 1.165) is 14.8 Å². The largest absolute Gasteiger partial charge is 0.321 e. The van der Waals surface area contributed by atoms with Crippen molar-refractivity contribution in [3.05, 3.63) is 68.9 Å². The van der Waals surface area contributed by atoms with Gasteiger partial charge in [-0.3, -0.25) is 9.89 Å². The zero-order valence-corrected chi connectivity index (χ0v) is 14.2. The summed E-state index contributed by atoms with van der Waals surface area (Å²) in [7, 11) is 0. The van der Waals surface area contributed by atoms with Gasteiger partial charge in [0.05, 0.1) is 5.69 Å². The summed E-state index contributed by atoms with van der Waals surface area (Å²) in [5.74, 6) is -0.234. The van der Waals surface area contributed by atoms with Crippen LogP contribution in [0.1, 0.15) is 10.5 Å². The number of anilines is 1. The van der Waals surface area contributed by atoms with Crippen molar-refractivity contribution in [3.63, 3.8) is 0 Å². The van der Waals surface area contributed by atoms with Crippen LogP contribution in [0.5, 0.6) is 0 Å². The zero-order chi connectivity index (χ0) is 15.5. The lowest BCUT2D eigenvalue weighted by atomic mass is 10.1. The van der Waals surface area contributed by atoms with Crippen LogP contribution in [-0.2, 0) is 0 Å². The lowest BCUT2D eigenvalue weighted by Gasteiger charge is -2.02. The molecule has 0 bridgehead atoms. The van der Waals surface area contributed by atoms with Gasteiger partial charge in [-0.1, -0.05) is 23.7 Å². The maximum atomic E-state index is 12.2. The van der Waals surface area contributed by atoms with Crippen molar-refractivity contribution in [2.45, 2.75) is 0 Å². The number of amides is 1. The number of hydrogen-bond acceptors (Lipinski definition) is 2. The first-order valence-corrected chi connectivity index (χ1v) is 7.96. The molecule has 2 aromatic carbocycles. The molecule has 0 atom stereocenters. The molecule has 3 aromatic rings. The van der Waals surface area contributed by atoms with Gasteiger partial charge in [0.15, 0.2) is 0 Å². The molecule has 0 aliphatic carbocycles. The SMILES string of the molecule is O=C(Nc1ccc(I)cc1)c1cc(-c2cccc(Cl)c2)n[nH]1. The second kappa shape index (κ2) is 6.50. The lowest BCUT2D eigenvalue weighted by molar-refractivity contribution is 0.102. The normalized spacial score (nSPS) is 10.5. The van der Waals surface area contributed by atoms with E-state index in [-0.39, 0.29) is 5.91 Å². The van der Waals surface area contributed by atoms with Gasteiger partial charge < -0.3 is 5.32 Å². The number of hydrogen-bond donors (Lipinski definition) is 2. The molecule has 0 fully saturated rings. The third kappa shape index (κ3) is 3.48. The first-order valence-electron chi connectivity index (χ1n) is 6.50. The van der Waals surface area contributed by atoms with Crippen LogP contribution in [0.2, 0.25) is 5.02 Å². The van der Waals surface area contributed by atoms with Crippen molar-refractivity contribution in [2.75, 3.05) is 5.32 Å². The van der Waals surface area contributed by atoms with Gasteiger partial charge in [-0.2, -0.15) is 5.10 Å². The van der Waals surface area contributed by atoms with E-state index in [1.165, 1.54) is 0 Å². The predicted octanol–water partition coefficient (Wildman–Crippen LogP) is 4.59. The predicted molar refractivity (Wildman–Crippen MR) is 96.1 cm³/mol. The molecule has 0 saturated heterocycles. The molecule has 0 aliphatic heterocycles. The van der Waals surface area contributed by atoms with Gasteiger partial charge in [0.2, 0.25) is 0 Å². The van der Waals surface area contributed by atoms with Gasteiger partial charge >= 0.3 is 0 Å². The van der Waals surface area contributed by atoms with Crippen LogP contribution in [0.3, 0.4) is 0 Å². The molecule has 22 heavy (non-hydrogen) atoms. The van der Waals surface area contributed by atoms with E-state index in [1.807, 2.05) is 36.4 Å². The Labute approximate surface area is 146 Å². The number of carbonyl (C=O) groups excluding carboxylic acids is 1. The molecule has 0 unspecified atom stereocenters. The number of aromatic nitrogens is 2. The molecule has 6 heteroatoms. The van der Waals surface area contributed by atoms with Crippen LogP contribution < -0.4 is 5.32 Å². The number of nitrogens with zero attached hydrogens (tertiary/aromatic N) is 1. The van der Waals surface area contributed by atoms with Crippen LogP contribution in [0.4, 0.5) is 5.69 Å². The zero-order valence-electron chi connectivity index (χ0n) is 11.3. The van der Waals surface area contributed by atoms with Crippen LogP contribution in [0.25, 0.3) is 11.3 Å². The Hall–Kier alpha value is -1.86. The molecular weight excluding hydrogens is 413 g/mol. The number of carbonyl (C=O) groups is 1. The van der Waals surface area contributed by atoms with E-state index in [4.69, 9.17) is 11.6 Å². The number of nitrogens with one attached hydrogen (secondary N) is 2. The average Bonchev–Trinajstić information content (AvgIpc) is 3.00. The fraction of sp³-hybridized carbons (Fsp3) is 0. The molecule has 110 valence electrons. The van der Waals surface area contributed by atoms with E-state index < -0.39 is 0 Å². The summed E-state index contributed by atoms with van der Waals surface area (Å²) in [5.41, 5.74) is 2.67. The number of benzene rings is 2. The molecule has 3 rings (SSSR count). The van der Waals surface area contributed by atoms with Gasteiger partial charge in [0.1, 0.15) is 5.69 Å². The van der Waals surface area contributed by atoms with Gasteiger partial charge in [0, 0.05) is 19.8 Å². The van der Waals surface area contributed by atoms with Gasteiger partial charge in [-0.15, -0.1) is 0 Å². The molecule has 0 saturated carbocycles. The summed E-state index contributed by atoms with van der Waals surface area (Å²) in [6, 6.07) is 16.6. The fourth-order valence-electron chi connectivity index (χ4n) is 1.97. The Bertz CT molecular complexity index is 814. The van der Waals surface area contributed by atoms with Crippen molar-refractivity contribution >= 4 is 45.8 Å². The van der Waals surface area contributed by atoms with E-state index >= 15 is 0 Å². The number of halogens is 2. The van der Waals surface area contributed by atoms with Crippen LogP contribution >= 0.6 is 34.2 Å². The topological polar surface area (TPSA) is 57.8 Å². The molecule has 2 N–H and O–H groups in total. The quantitative estimate of drug-likeness (QED) is 0.606. The summed E-state index contributed by atoms with van der Waals surface area (Å²) in [4.78, 5) is 12.2. The van der Waals surface area contributed by atoms with Crippen LogP contribution in [0.15, 0.2) is 54.6 Å². The highest BCUT2D eigenvalue weighted by Crippen LogP contribution is 2.21. The highest BCUT2D eigenvalue weighted by atomic mass is 127. The van der Waals surface area contributed by atoms with E-state index in [0.29, 0.717) is 16.4 Å². The Morgan fingerprint density at radius 2 is 1.91 bits per heavy atom. The van der Waals surface area contributed by atoms with Crippen LogP contribution in [-0.4, -0.2) is 16.1 Å². The smallest absolute Gasteiger partial charge is 0.273 e. The molecule has 0 radical (unpaired) electrons. The van der Waals surface area contributed by atoms with E-state index in [1.54, 1.807) is 18.2 Å². The first kappa shape index (κ1) is 15.1. The molecule has 0 aliphatic rings. The monoisotopic (exact) mass is 423 g/mol. The standard InChI is InChI=1S/C16H11ClIN3O/c17-11-3-1-2-10(8-11)14-9-15(21-20-14)16(22)19-13-6-4-12(18)5-7-13/h1-9H,(H,19,22)(H,20,21). The second-order valence-electron chi connectivity index (χ2n) is 4.64. The lowest BCUT2D eigenvalue weighted by Crippen LogP contribution is -2.12. The number of rotatable bonds is 3. The highest BCUT2D eigenvalue weighted by Gasteiger charge is 2.11. The number of H-pyrrole nitrogens is 1. The van der Waals surface area contributed by atoms with Crippen molar-refractivity contribution in [3.8, 4) is 11.3 Å². The minimum Gasteiger partial charge on any atom is -0.321 e. The third-order valence-corrected chi connectivity index (χ3v) is 4.00. The minimum atomic E-state index is -0.234. The number of aromatic amines is 1. The summed E-state index contributed by atoms with van der Waals surface area (Å²) >= 11 is 8.18. The average molecular weight is 424 g/mol. The molecule has 4 nitrogen and oxygen atoms in total. The van der Waals surface area contributed by atoms with E-state index in [2.05, 4.69) is 38.1 Å². The summed E-state index contributed by atoms with van der Waals surface area (Å²) in [5, 5.41) is 10.4. The third-order valence-electron chi connectivity index (χ3n) is 3.04. The Morgan fingerprint density at radius 1 is 1.14 bits per heavy atom. The van der Waals surface area contributed by atoms with Crippen LogP contribution in [0, 0.1) is 3.57 Å². The molecule has 1 amide bonds. The Balaban J connectivity index is 1.78. The molecule has 0 spiro atoms. The first-order chi connectivity index (χ1) is 10.6. The van der Waals surface area contributed by atoms with Crippen molar-refractivity contribution in [2.24, 2.45) is 0 Å². The maximum Gasteiger partial charge on any atom is 0.273 e. The summed E-state index contributed by atoms with van der Waals surface area (Å²) in [6.45, 7) is 0. The molecular formula is C16H11ClIN3O. The minimum absolute atomic E-state index is 0.234.